The summed E-state index contributed by atoms with van der Waals surface area (Å²) in [6.07, 6.45) is 3.31. The van der Waals surface area contributed by atoms with Gasteiger partial charge in [0, 0.05) is 41.0 Å². The Hall–Kier alpha value is -4.86. The van der Waals surface area contributed by atoms with Crippen molar-refractivity contribution in [3.05, 3.63) is 118 Å². The Balaban J connectivity index is 1.48. The van der Waals surface area contributed by atoms with Crippen LogP contribution in [0.1, 0.15) is 18.1 Å². The summed E-state index contributed by atoms with van der Waals surface area (Å²) < 4.78 is 35.4. The average Bonchev–Trinajstić information content (AvgIpc) is 3.51. The number of rotatable bonds is 7. The minimum atomic E-state index is -3.80. The van der Waals surface area contributed by atoms with Crippen molar-refractivity contribution in [2.75, 3.05) is 26.3 Å². The fraction of sp³-hybridized carbons (Fsp3) is 0.176. The van der Waals surface area contributed by atoms with Crippen molar-refractivity contribution in [1.29, 1.82) is 5.26 Å². The topological polar surface area (TPSA) is 126 Å². The number of nitrogens with zero attached hydrogens (tertiary/aromatic N) is 5. The van der Waals surface area contributed by atoms with E-state index in [9.17, 15) is 23.3 Å². The van der Waals surface area contributed by atoms with E-state index < -0.39 is 21.8 Å². The number of amides is 2. The fourth-order valence-electron chi connectivity index (χ4n) is 5.40. The van der Waals surface area contributed by atoms with Gasteiger partial charge in [-0.25, -0.2) is 13.1 Å². The van der Waals surface area contributed by atoms with Crippen LogP contribution in [-0.4, -0.2) is 65.5 Å². The largest absolute Gasteiger partial charge is 0.379 e. The van der Waals surface area contributed by atoms with Gasteiger partial charge < -0.3 is 4.74 Å². The number of imide groups is 1. The summed E-state index contributed by atoms with van der Waals surface area (Å²) in [6.45, 7) is 2.59. The quantitative estimate of drug-likeness (QED) is 0.203. The van der Waals surface area contributed by atoms with Gasteiger partial charge in [0.2, 0.25) is 10.0 Å². The van der Waals surface area contributed by atoms with Gasteiger partial charge >= 0.3 is 0 Å². The van der Waals surface area contributed by atoms with E-state index in [2.05, 4.69) is 0 Å². The molecule has 10 nitrogen and oxygen atoms in total. The number of halogens is 1. The molecule has 0 atom stereocenters. The van der Waals surface area contributed by atoms with Crippen LogP contribution in [0.4, 0.5) is 0 Å². The lowest BCUT2D eigenvalue weighted by Gasteiger charge is -2.27. The molecule has 2 aliphatic heterocycles. The highest BCUT2D eigenvalue weighted by Crippen LogP contribution is 2.33. The van der Waals surface area contributed by atoms with Gasteiger partial charge in [0.05, 0.1) is 30.3 Å². The van der Waals surface area contributed by atoms with Crippen molar-refractivity contribution in [2.45, 2.75) is 18.4 Å². The molecule has 2 aliphatic rings. The molecule has 2 amide bonds. The SMILES string of the molecule is CC1=C(C#N)C(=O)N(Cc2ccccc2Cl)C(=O)/C1=C/c1cn(-c2ccccc2)nc1-c1cccc(S(=O)(=O)N2CCOCC2)c1. The second-order valence-corrected chi connectivity index (χ2v) is 13.1. The van der Waals surface area contributed by atoms with Gasteiger partial charge in [-0.3, -0.25) is 14.5 Å². The number of hydrogen-bond acceptors (Lipinski definition) is 7. The Morgan fingerprint density at radius 2 is 1.70 bits per heavy atom. The molecule has 0 radical (unpaired) electrons. The number of ether oxygens (including phenoxy) is 1. The van der Waals surface area contributed by atoms with Crippen molar-refractivity contribution in [3.63, 3.8) is 0 Å². The molecule has 1 fully saturated rings. The molecule has 46 heavy (non-hydrogen) atoms. The number of benzene rings is 3. The number of hydrogen-bond donors (Lipinski definition) is 0. The number of aromatic nitrogens is 2. The number of carbonyl (C=O) groups excluding carboxylic acids is 2. The van der Waals surface area contributed by atoms with Crippen LogP contribution in [0, 0.1) is 11.3 Å². The van der Waals surface area contributed by atoms with Gasteiger partial charge in [-0.1, -0.05) is 60.1 Å². The normalized spacial score (nSPS) is 17.1. The highest BCUT2D eigenvalue weighted by Gasteiger charge is 2.36. The van der Waals surface area contributed by atoms with E-state index >= 15 is 0 Å². The van der Waals surface area contributed by atoms with Gasteiger partial charge in [-0.05, 0) is 54.5 Å². The first-order chi connectivity index (χ1) is 22.2. The Morgan fingerprint density at radius 3 is 2.41 bits per heavy atom. The maximum atomic E-state index is 13.9. The molecule has 1 aromatic heterocycles. The molecular formula is C34H28ClN5O5S. The van der Waals surface area contributed by atoms with Crippen LogP contribution in [0.25, 0.3) is 23.0 Å². The first-order valence-corrected chi connectivity index (χ1v) is 16.3. The summed E-state index contributed by atoms with van der Waals surface area (Å²) in [6, 6.07) is 24.6. The Labute approximate surface area is 271 Å². The minimum Gasteiger partial charge on any atom is -0.379 e. The van der Waals surface area contributed by atoms with E-state index in [-0.39, 0.29) is 41.2 Å². The predicted octanol–water partition coefficient (Wildman–Crippen LogP) is 5.01. The van der Waals surface area contributed by atoms with Crippen molar-refractivity contribution in [1.82, 2.24) is 19.0 Å². The maximum absolute atomic E-state index is 13.9. The predicted molar refractivity (Wildman–Crippen MR) is 172 cm³/mol. The van der Waals surface area contributed by atoms with E-state index in [1.165, 1.54) is 10.4 Å². The van der Waals surface area contributed by atoms with Gasteiger partial charge in [-0.15, -0.1) is 0 Å². The Morgan fingerprint density at radius 1 is 0.978 bits per heavy atom. The molecule has 6 rings (SSSR count). The monoisotopic (exact) mass is 653 g/mol. The van der Waals surface area contributed by atoms with Crippen LogP contribution >= 0.6 is 11.6 Å². The van der Waals surface area contributed by atoms with Gasteiger partial charge in [-0.2, -0.15) is 14.7 Å². The first-order valence-electron chi connectivity index (χ1n) is 14.4. The number of carbonyl (C=O) groups is 2. The zero-order valence-electron chi connectivity index (χ0n) is 24.8. The summed E-state index contributed by atoms with van der Waals surface area (Å²) in [5.74, 6) is -1.30. The molecule has 0 unspecified atom stereocenters. The lowest BCUT2D eigenvalue weighted by atomic mass is 9.93. The molecule has 3 heterocycles. The molecule has 3 aromatic carbocycles. The molecule has 0 N–H and O–H groups in total. The summed E-state index contributed by atoms with van der Waals surface area (Å²) >= 11 is 6.34. The molecule has 1 saturated heterocycles. The van der Waals surface area contributed by atoms with E-state index in [0.717, 1.165) is 10.6 Å². The third kappa shape index (κ3) is 5.91. The second kappa shape index (κ2) is 12.9. The molecule has 0 aliphatic carbocycles. The standard InChI is InChI=1S/C34H28ClN5O5S/c1-23-29(33(41)39(34(42)30(23)20-36)21-25-8-5-6-13-31(25)35)19-26-22-40(27-10-3-2-4-11-27)37-32(26)24-9-7-12-28(18-24)46(43,44)38-14-16-45-17-15-38/h2-13,18-19,22H,14-17,21H2,1H3/b29-19+. The van der Waals surface area contributed by atoms with Crippen molar-refractivity contribution in [2.24, 2.45) is 0 Å². The van der Waals surface area contributed by atoms with Crippen LogP contribution in [-0.2, 0) is 30.9 Å². The number of morpholine rings is 1. The van der Waals surface area contributed by atoms with E-state index in [4.69, 9.17) is 21.4 Å². The van der Waals surface area contributed by atoms with E-state index in [0.29, 0.717) is 40.6 Å². The zero-order valence-corrected chi connectivity index (χ0v) is 26.3. The molecule has 4 aromatic rings. The molecule has 232 valence electrons. The smallest absolute Gasteiger partial charge is 0.271 e. The Kier molecular flexibility index (Phi) is 8.71. The Bertz CT molecular complexity index is 2060. The van der Waals surface area contributed by atoms with Crippen LogP contribution in [0.5, 0.6) is 0 Å². The second-order valence-electron chi connectivity index (χ2n) is 10.7. The van der Waals surface area contributed by atoms with Gasteiger partial charge in [0.25, 0.3) is 11.8 Å². The average molecular weight is 654 g/mol. The third-order valence-electron chi connectivity index (χ3n) is 7.89. The van der Waals surface area contributed by atoms with E-state index in [1.54, 1.807) is 66.3 Å². The number of nitriles is 1. The van der Waals surface area contributed by atoms with Gasteiger partial charge in [0.15, 0.2) is 0 Å². The van der Waals surface area contributed by atoms with Crippen LogP contribution in [0.3, 0.4) is 0 Å². The highest BCUT2D eigenvalue weighted by molar-refractivity contribution is 7.89. The lowest BCUT2D eigenvalue weighted by Crippen LogP contribution is -2.42. The summed E-state index contributed by atoms with van der Waals surface area (Å²) in [5.41, 5.74) is 2.89. The first kappa shape index (κ1) is 31.1. The molecule has 0 spiro atoms. The lowest BCUT2D eigenvalue weighted by molar-refractivity contribution is -0.141. The third-order valence-corrected chi connectivity index (χ3v) is 10.2. The summed E-state index contributed by atoms with van der Waals surface area (Å²) in [5, 5.41) is 15.1. The summed E-state index contributed by atoms with van der Waals surface area (Å²) in [4.78, 5) is 28.4. The zero-order chi connectivity index (χ0) is 32.4. The molecule has 0 saturated carbocycles. The van der Waals surface area contributed by atoms with E-state index in [1.807, 2.05) is 36.4 Å². The minimum absolute atomic E-state index is 0.105. The maximum Gasteiger partial charge on any atom is 0.271 e. The van der Waals surface area contributed by atoms with Crippen molar-refractivity contribution < 1.29 is 22.7 Å². The van der Waals surface area contributed by atoms with Crippen molar-refractivity contribution in [3.8, 4) is 23.0 Å². The van der Waals surface area contributed by atoms with Crippen LogP contribution in [0.2, 0.25) is 5.02 Å². The highest BCUT2D eigenvalue weighted by atomic mass is 35.5. The number of para-hydroxylation sites is 1. The fourth-order valence-corrected chi connectivity index (χ4v) is 7.05. The summed E-state index contributed by atoms with van der Waals surface area (Å²) in [7, 11) is -3.80. The molecule has 12 heteroatoms. The van der Waals surface area contributed by atoms with Gasteiger partial charge in [0.1, 0.15) is 17.3 Å². The van der Waals surface area contributed by atoms with Crippen LogP contribution in [0.15, 0.2) is 107 Å². The van der Waals surface area contributed by atoms with Crippen LogP contribution < -0.4 is 0 Å². The molecule has 0 bridgehead atoms. The van der Waals surface area contributed by atoms with Crippen molar-refractivity contribution >= 4 is 39.5 Å². The molecular weight excluding hydrogens is 626 g/mol. The number of sulfonamides is 1.